The molecule has 414 valence electrons. The Hall–Kier alpha value is -2.75. The Kier molecular flexibility index (Phi) is 51.1. The summed E-state index contributed by atoms with van der Waals surface area (Å²) in [6.45, 7) is 4.38. The molecule has 0 heterocycles. The minimum Gasteiger partial charge on any atom is -0.462 e. The van der Waals surface area contributed by atoms with E-state index < -0.39 is 32.5 Å². The highest BCUT2D eigenvalue weighted by Crippen LogP contribution is 2.43. The SMILES string of the molecule is CCCCCCCCCCCCCC#CC#CCCCCCCCCCC(=O)OC[C@H](COP(=O)(O)OCC[N+](C)(C)C)OC(=O)CCCCCCCCCC#CC#CCCCCCCCCCCCCC. The Morgan fingerprint density at radius 1 is 0.431 bits per heavy atom. The molecule has 0 saturated heterocycles. The number of quaternary nitrogens is 1. The van der Waals surface area contributed by atoms with Gasteiger partial charge in [-0.2, -0.15) is 0 Å². The molecule has 0 aromatic heterocycles. The average molecular weight is 1030 g/mol. The lowest BCUT2D eigenvalue weighted by Crippen LogP contribution is -2.37. The number of carbonyl (C=O) groups excluding carboxylic acids is 2. The zero-order chi connectivity index (χ0) is 52.7. The van der Waals surface area contributed by atoms with Crippen molar-refractivity contribution < 1.29 is 42.1 Å². The molecule has 0 radical (unpaired) electrons. The molecule has 9 nitrogen and oxygen atoms in total. The summed E-state index contributed by atoms with van der Waals surface area (Å²) >= 11 is 0. The number of unbranched alkanes of at least 4 members (excludes halogenated alkanes) is 36. The highest BCUT2D eigenvalue weighted by atomic mass is 31.2. The Balaban J connectivity index is 4.24. The normalized spacial score (nSPS) is 12.2. The van der Waals surface area contributed by atoms with E-state index in [0.29, 0.717) is 23.9 Å². The van der Waals surface area contributed by atoms with Crippen molar-refractivity contribution in [3.63, 3.8) is 0 Å². The standard InChI is InChI=1S/C62H108NO8P/c1-6-8-10-12-14-16-18-20-22-24-26-28-30-32-34-36-38-40-42-44-46-48-50-52-54-61(64)68-58-60(59-70-72(66,67)69-57-56-63(3,4)5)71-62(65)55-53-51-49-47-45-43-41-39-37-35-33-31-29-27-25-23-21-19-17-15-13-11-9-7-2/h60H,6-29,38-59H2,1-5H3/p+1/t60-/m1/s1. The van der Waals surface area contributed by atoms with Gasteiger partial charge in [-0.1, -0.05) is 230 Å². The van der Waals surface area contributed by atoms with Gasteiger partial charge in [0.2, 0.25) is 0 Å². The van der Waals surface area contributed by atoms with Crippen molar-refractivity contribution in [2.45, 2.75) is 290 Å². The fraction of sp³-hybridized carbons (Fsp3) is 0.839. The van der Waals surface area contributed by atoms with Crippen LogP contribution in [0.3, 0.4) is 0 Å². The third-order valence-electron chi connectivity index (χ3n) is 12.8. The number of esters is 2. The minimum atomic E-state index is -4.40. The van der Waals surface area contributed by atoms with Crippen LogP contribution < -0.4 is 0 Å². The summed E-state index contributed by atoms with van der Waals surface area (Å²) in [6.07, 6.45) is 46.9. The van der Waals surface area contributed by atoms with E-state index in [0.717, 1.165) is 103 Å². The van der Waals surface area contributed by atoms with Crippen molar-refractivity contribution in [2.24, 2.45) is 0 Å². The largest absolute Gasteiger partial charge is 0.472 e. The van der Waals surface area contributed by atoms with Gasteiger partial charge in [-0.25, -0.2) is 4.57 Å². The van der Waals surface area contributed by atoms with E-state index in [2.05, 4.69) is 61.2 Å². The number of hydrogen-bond donors (Lipinski definition) is 1. The number of ether oxygens (including phenoxy) is 2. The van der Waals surface area contributed by atoms with Crippen LogP contribution in [-0.4, -0.2) is 74.9 Å². The van der Waals surface area contributed by atoms with Crippen molar-refractivity contribution in [1.82, 2.24) is 0 Å². The molecule has 0 rings (SSSR count). The number of phosphoric ester groups is 1. The number of likely N-dealkylation sites (N-methyl/N-ethyl adjacent to an activating group) is 1. The molecule has 0 aromatic carbocycles. The first kappa shape index (κ1) is 69.2. The molecule has 0 aliphatic rings. The second kappa shape index (κ2) is 53.1. The molecule has 0 aliphatic carbocycles. The zero-order valence-electron chi connectivity index (χ0n) is 47.3. The first-order valence-electron chi connectivity index (χ1n) is 29.7. The van der Waals surface area contributed by atoms with Crippen molar-refractivity contribution in [2.75, 3.05) is 47.5 Å². The second-order valence-corrected chi connectivity index (χ2v) is 22.6. The Bertz CT molecular complexity index is 1580. The lowest BCUT2D eigenvalue weighted by atomic mass is 10.1. The number of hydrogen-bond acceptors (Lipinski definition) is 7. The number of nitrogens with zero attached hydrogens (tertiary/aromatic N) is 1. The van der Waals surface area contributed by atoms with Crippen molar-refractivity contribution >= 4 is 19.8 Å². The molecule has 0 spiro atoms. The van der Waals surface area contributed by atoms with E-state index in [9.17, 15) is 19.0 Å². The van der Waals surface area contributed by atoms with E-state index in [-0.39, 0.29) is 26.1 Å². The van der Waals surface area contributed by atoms with Crippen LogP contribution in [0.4, 0.5) is 0 Å². The zero-order valence-corrected chi connectivity index (χ0v) is 48.2. The van der Waals surface area contributed by atoms with Crippen LogP contribution >= 0.6 is 7.82 Å². The van der Waals surface area contributed by atoms with E-state index in [4.69, 9.17) is 18.5 Å². The van der Waals surface area contributed by atoms with Crippen LogP contribution in [-0.2, 0) is 32.7 Å². The highest BCUT2D eigenvalue weighted by molar-refractivity contribution is 7.47. The molecule has 0 saturated carbocycles. The maximum atomic E-state index is 12.8. The molecule has 0 fully saturated rings. The van der Waals surface area contributed by atoms with Gasteiger partial charge in [0.1, 0.15) is 19.8 Å². The molecule has 0 amide bonds. The average Bonchev–Trinajstić information content (AvgIpc) is 3.34. The lowest BCUT2D eigenvalue weighted by Gasteiger charge is -2.24. The third kappa shape index (κ3) is 56.5. The van der Waals surface area contributed by atoms with Crippen molar-refractivity contribution in [3.8, 4) is 47.4 Å². The van der Waals surface area contributed by atoms with Gasteiger partial charge in [-0.3, -0.25) is 18.6 Å². The van der Waals surface area contributed by atoms with Crippen LogP contribution in [0.1, 0.15) is 284 Å². The van der Waals surface area contributed by atoms with Gasteiger partial charge in [0.15, 0.2) is 6.10 Å². The van der Waals surface area contributed by atoms with Crippen molar-refractivity contribution in [1.29, 1.82) is 0 Å². The van der Waals surface area contributed by atoms with Crippen LogP contribution in [0.2, 0.25) is 0 Å². The van der Waals surface area contributed by atoms with Crippen LogP contribution in [0, 0.1) is 47.4 Å². The van der Waals surface area contributed by atoms with Gasteiger partial charge >= 0.3 is 19.8 Å². The topological polar surface area (TPSA) is 108 Å². The van der Waals surface area contributed by atoms with Crippen LogP contribution in [0.15, 0.2) is 0 Å². The summed E-state index contributed by atoms with van der Waals surface area (Å²) in [5, 5.41) is 0. The smallest absolute Gasteiger partial charge is 0.462 e. The van der Waals surface area contributed by atoms with E-state index in [1.165, 1.54) is 141 Å². The summed E-state index contributed by atoms with van der Waals surface area (Å²) in [4.78, 5) is 35.7. The Morgan fingerprint density at radius 2 is 0.736 bits per heavy atom. The Labute approximate surface area is 444 Å². The van der Waals surface area contributed by atoms with Gasteiger partial charge in [-0.15, -0.1) is 0 Å². The van der Waals surface area contributed by atoms with Gasteiger partial charge in [0, 0.05) is 38.5 Å². The minimum absolute atomic E-state index is 0.0173. The van der Waals surface area contributed by atoms with E-state index in [1.807, 2.05) is 21.1 Å². The van der Waals surface area contributed by atoms with Gasteiger partial charge < -0.3 is 18.9 Å². The maximum Gasteiger partial charge on any atom is 0.472 e. The molecular formula is C62H109NO8P+. The fourth-order valence-electron chi connectivity index (χ4n) is 8.18. The molecule has 0 aromatic rings. The number of carbonyl (C=O) groups is 2. The molecule has 72 heavy (non-hydrogen) atoms. The summed E-state index contributed by atoms with van der Waals surface area (Å²) in [6, 6.07) is 0. The molecule has 0 bridgehead atoms. The van der Waals surface area contributed by atoms with Crippen LogP contribution in [0.25, 0.3) is 0 Å². The summed E-state index contributed by atoms with van der Waals surface area (Å²) in [5.74, 6) is 24.0. The highest BCUT2D eigenvalue weighted by Gasteiger charge is 2.27. The van der Waals surface area contributed by atoms with E-state index >= 15 is 0 Å². The maximum absolute atomic E-state index is 12.8. The first-order chi connectivity index (χ1) is 35.0. The molecule has 1 unspecified atom stereocenters. The van der Waals surface area contributed by atoms with Crippen LogP contribution in [0.5, 0.6) is 0 Å². The molecule has 1 N–H and O–H groups in total. The second-order valence-electron chi connectivity index (χ2n) is 21.1. The molecule has 10 heteroatoms. The molecule has 0 aliphatic heterocycles. The predicted octanol–water partition coefficient (Wildman–Crippen LogP) is 16.7. The third-order valence-corrected chi connectivity index (χ3v) is 13.8. The molecule has 2 atom stereocenters. The first-order valence-corrected chi connectivity index (χ1v) is 31.2. The quantitative estimate of drug-likeness (QED) is 0.0211. The number of rotatable bonds is 50. The summed E-state index contributed by atoms with van der Waals surface area (Å²) < 4.78 is 34.5. The summed E-state index contributed by atoms with van der Waals surface area (Å²) in [5.41, 5.74) is 0. The predicted molar refractivity (Wildman–Crippen MR) is 302 cm³/mol. The monoisotopic (exact) mass is 1030 g/mol. The summed E-state index contributed by atoms with van der Waals surface area (Å²) in [7, 11) is 1.43. The Morgan fingerprint density at radius 3 is 1.07 bits per heavy atom. The number of phosphoric acid groups is 1. The molecular weight excluding hydrogens is 918 g/mol. The van der Waals surface area contributed by atoms with Crippen molar-refractivity contribution in [3.05, 3.63) is 0 Å². The van der Waals surface area contributed by atoms with E-state index in [1.54, 1.807) is 0 Å². The lowest BCUT2D eigenvalue weighted by molar-refractivity contribution is -0.870. The van der Waals surface area contributed by atoms with Gasteiger partial charge in [-0.05, 0) is 62.2 Å². The fourth-order valence-corrected chi connectivity index (χ4v) is 8.92. The van der Waals surface area contributed by atoms with Gasteiger partial charge in [0.25, 0.3) is 0 Å². The van der Waals surface area contributed by atoms with Gasteiger partial charge in [0.05, 0.1) is 27.7 Å².